The van der Waals surface area contributed by atoms with Gasteiger partial charge in [-0.1, -0.05) is 50.3 Å². The van der Waals surface area contributed by atoms with E-state index < -0.39 is 24.0 Å². The highest BCUT2D eigenvalue weighted by molar-refractivity contribution is 5.88. The van der Waals surface area contributed by atoms with Crippen LogP contribution in [0.4, 0.5) is 0 Å². The zero-order chi connectivity index (χ0) is 22.6. The second-order valence-electron chi connectivity index (χ2n) is 8.10. The third-order valence-electron chi connectivity index (χ3n) is 5.59. The lowest BCUT2D eigenvalue weighted by Gasteiger charge is -2.13. The maximum atomic E-state index is 12.8. The van der Waals surface area contributed by atoms with Crippen molar-refractivity contribution in [1.82, 2.24) is 0 Å². The molecular weight excluding hydrogens is 394 g/mol. The lowest BCUT2D eigenvalue weighted by Crippen LogP contribution is -2.14. The van der Waals surface area contributed by atoms with E-state index in [0.29, 0.717) is 22.6 Å². The highest BCUT2D eigenvalue weighted by Crippen LogP contribution is 2.60. The number of hydrogen-bond donors (Lipinski definition) is 0. The van der Waals surface area contributed by atoms with Crippen molar-refractivity contribution >= 4 is 11.9 Å². The Labute approximate surface area is 182 Å². The molecule has 0 aromatic heterocycles. The Morgan fingerprint density at radius 1 is 1.10 bits per heavy atom. The van der Waals surface area contributed by atoms with E-state index in [2.05, 4.69) is 0 Å². The summed E-state index contributed by atoms with van der Waals surface area (Å²) in [6.45, 7) is 5.51. The van der Waals surface area contributed by atoms with Crippen LogP contribution in [0.25, 0.3) is 0 Å². The minimum Gasteiger partial charge on any atom is -0.466 e. The van der Waals surface area contributed by atoms with E-state index >= 15 is 0 Å². The fourth-order valence-corrected chi connectivity index (χ4v) is 3.66. The summed E-state index contributed by atoms with van der Waals surface area (Å²) in [5.41, 5.74) is 0.601. The van der Waals surface area contributed by atoms with Crippen molar-refractivity contribution in [3.63, 3.8) is 0 Å². The molecule has 1 aliphatic carbocycles. The van der Waals surface area contributed by atoms with Gasteiger partial charge in [0.15, 0.2) is 0 Å². The van der Waals surface area contributed by atoms with Gasteiger partial charge in [0.25, 0.3) is 0 Å². The Bertz CT molecular complexity index is 1040. The topological polar surface area (TPSA) is 85.6 Å². The van der Waals surface area contributed by atoms with Crippen molar-refractivity contribution in [3.05, 3.63) is 71.8 Å². The molecule has 3 atom stereocenters. The maximum Gasteiger partial charge on any atom is 0.333 e. The zero-order valence-corrected chi connectivity index (χ0v) is 18.0. The molecule has 2 aromatic carbocycles. The van der Waals surface area contributed by atoms with E-state index in [1.54, 1.807) is 37.3 Å². The molecule has 3 rings (SSSR count). The number of para-hydroxylation sites is 1. The first kappa shape index (κ1) is 22.1. The molecule has 0 aliphatic heterocycles. The first-order valence-electron chi connectivity index (χ1n) is 9.97. The predicted molar refractivity (Wildman–Crippen MR) is 114 cm³/mol. The molecule has 6 nitrogen and oxygen atoms in total. The van der Waals surface area contributed by atoms with Gasteiger partial charge in [0.05, 0.1) is 13.0 Å². The van der Waals surface area contributed by atoms with Crippen LogP contribution in [0, 0.1) is 28.6 Å². The molecule has 160 valence electrons. The normalized spacial score (nSPS) is 20.2. The number of carbonyl (C=O) groups excluding carboxylic acids is 2. The molecule has 0 unspecified atom stereocenters. The Morgan fingerprint density at radius 3 is 2.42 bits per heavy atom. The fourth-order valence-electron chi connectivity index (χ4n) is 3.66. The summed E-state index contributed by atoms with van der Waals surface area (Å²) in [5, 5.41) is 9.62. The number of allylic oxidation sites excluding steroid dienone is 1. The number of ether oxygens (including phenoxy) is 3. The molecule has 0 heterocycles. The van der Waals surface area contributed by atoms with E-state index in [-0.39, 0.29) is 11.3 Å². The van der Waals surface area contributed by atoms with E-state index in [1.165, 1.54) is 7.11 Å². The quantitative estimate of drug-likeness (QED) is 0.465. The van der Waals surface area contributed by atoms with Crippen molar-refractivity contribution in [1.29, 1.82) is 5.26 Å². The van der Waals surface area contributed by atoms with Crippen LogP contribution in [0.2, 0.25) is 0 Å². The van der Waals surface area contributed by atoms with E-state index in [0.717, 1.165) is 0 Å². The average molecular weight is 419 g/mol. The number of esters is 2. The molecule has 1 fully saturated rings. The van der Waals surface area contributed by atoms with Crippen LogP contribution < -0.4 is 4.74 Å². The lowest BCUT2D eigenvalue weighted by molar-refractivity contribution is -0.149. The van der Waals surface area contributed by atoms with Gasteiger partial charge in [-0.2, -0.15) is 5.26 Å². The Hall–Kier alpha value is -3.59. The van der Waals surface area contributed by atoms with Crippen LogP contribution in [0.15, 0.2) is 66.2 Å². The van der Waals surface area contributed by atoms with Crippen molar-refractivity contribution in [2.75, 3.05) is 7.11 Å². The number of methoxy groups -OCH3 is 1. The summed E-state index contributed by atoms with van der Waals surface area (Å²) in [4.78, 5) is 24.5. The number of benzene rings is 2. The smallest absolute Gasteiger partial charge is 0.333 e. The summed E-state index contributed by atoms with van der Waals surface area (Å²) >= 11 is 0. The second kappa shape index (κ2) is 9.05. The van der Waals surface area contributed by atoms with Crippen LogP contribution in [-0.4, -0.2) is 19.0 Å². The van der Waals surface area contributed by atoms with Crippen molar-refractivity contribution < 1.29 is 23.8 Å². The number of rotatable bonds is 7. The molecule has 0 amide bonds. The third-order valence-corrected chi connectivity index (χ3v) is 5.59. The first-order valence-corrected chi connectivity index (χ1v) is 9.97. The molecule has 2 aromatic rings. The lowest BCUT2D eigenvalue weighted by atomic mass is 10.1. The van der Waals surface area contributed by atoms with Gasteiger partial charge >= 0.3 is 11.9 Å². The first-order chi connectivity index (χ1) is 14.8. The maximum absolute atomic E-state index is 12.8. The van der Waals surface area contributed by atoms with Crippen molar-refractivity contribution in [3.8, 4) is 17.6 Å². The van der Waals surface area contributed by atoms with Gasteiger partial charge in [0.2, 0.25) is 6.10 Å². The van der Waals surface area contributed by atoms with Gasteiger partial charge in [0.1, 0.15) is 17.6 Å². The summed E-state index contributed by atoms with van der Waals surface area (Å²) in [5.74, 6) is -0.288. The minimum atomic E-state index is -1.06. The summed E-state index contributed by atoms with van der Waals surface area (Å²) in [6, 6.07) is 18.2. The van der Waals surface area contributed by atoms with Crippen LogP contribution in [0.5, 0.6) is 11.5 Å². The number of hydrogen-bond acceptors (Lipinski definition) is 6. The van der Waals surface area contributed by atoms with Crippen LogP contribution >= 0.6 is 0 Å². The van der Waals surface area contributed by atoms with E-state index in [9.17, 15) is 14.9 Å². The number of nitriles is 1. The van der Waals surface area contributed by atoms with Gasteiger partial charge in [-0.3, -0.25) is 4.79 Å². The number of carbonyl (C=O) groups is 2. The van der Waals surface area contributed by atoms with Crippen LogP contribution in [0.1, 0.15) is 32.4 Å². The third kappa shape index (κ3) is 4.95. The summed E-state index contributed by atoms with van der Waals surface area (Å²) < 4.78 is 16.1. The van der Waals surface area contributed by atoms with E-state index in [4.69, 9.17) is 14.2 Å². The summed E-state index contributed by atoms with van der Waals surface area (Å²) in [7, 11) is 1.32. The Balaban J connectivity index is 1.71. The van der Waals surface area contributed by atoms with Crippen molar-refractivity contribution in [2.24, 2.45) is 17.3 Å². The number of nitrogens with zero attached hydrogens (tertiary/aromatic N) is 1. The largest absolute Gasteiger partial charge is 0.466 e. The molecule has 0 N–H and O–H groups in total. The Kier molecular flexibility index (Phi) is 6.45. The highest BCUT2D eigenvalue weighted by Gasteiger charge is 2.62. The molecular formula is C25H25NO5. The highest BCUT2D eigenvalue weighted by atomic mass is 16.5. The van der Waals surface area contributed by atoms with Gasteiger partial charge < -0.3 is 14.2 Å². The average Bonchev–Trinajstić information content (AvgIpc) is 3.31. The minimum absolute atomic E-state index is 0.161. The standard InChI is InChI=1S/C25H25NO5/c1-16(23(27)29-4)13-20-22(25(20,2)3)24(28)31-21(15-26)17-9-8-12-19(14-17)30-18-10-6-5-7-11-18/h5-14,20-22H,1-4H3/b16-13+/t20-,21-,22+/m1/s1. The molecule has 0 radical (unpaired) electrons. The van der Waals surface area contributed by atoms with Crippen LogP contribution in [-0.2, 0) is 19.1 Å². The van der Waals surface area contributed by atoms with Crippen molar-refractivity contribution in [2.45, 2.75) is 26.9 Å². The van der Waals surface area contributed by atoms with Gasteiger partial charge in [0, 0.05) is 11.1 Å². The summed E-state index contributed by atoms with van der Waals surface area (Å²) in [6.07, 6.45) is 0.683. The molecule has 0 spiro atoms. The van der Waals surface area contributed by atoms with Gasteiger partial charge in [-0.25, -0.2) is 4.79 Å². The molecule has 31 heavy (non-hydrogen) atoms. The fraction of sp³-hybridized carbons (Fsp3) is 0.320. The molecule has 1 aliphatic rings. The molecule has 6 heteroatoms. The van der Waals surface area contributed by atoms with Gasteiger partial charge in [-0.05, 0) is 42.5 Å². The van der Waals surface area contributed by atoms with Gasteiger partial charge in [-0.15, -0.1) is 0 Å². The SMILES string of the molecule is COC(=O)/C(C)=C/[C@@H]1[C@@H](C(=O)O[C@H](C#N)c2cccc(Oc3ccccc3)c2)C1(C)C. The monoisotopic (exact) mass is 419 g/mol. The molecule has 1 saturated carbocycles. The molecule has 0 bridgehead atoms. The van der Waals surface area contributed by atoms with Crippen LogP contribution in [0.3, 0.4) is 0 Å². The van der Waals surface area contributed by atoms with E-state index in [1.807, 2.05) is 50.2 Å². The predicted octanol–water partition coefficient (Wildman–Crippen LogP) is 4.98. The molecule has 0 saturated heterocycles. The Morgan fingerprint density at radius 2 is 1.77 bits per heavy atom. The second-order valence-corrected chi connectivity index (χ2v) is 8.10. The zero-order valence-electron chi connectivity index (χ0n) is 18.0.